The Bertz CT molecular complexity index is 304. The zero-order valence-electron chi connectivity index (χ0n) is 11.2. The van der Waals surface area contributed by atoms with E-state index in [0.29, 0.717) is 18.9 Å². The summed E-state index contributed by atoms with van der Waals surface area (Å²) in [4.78, 5) is 25.5. The van der Waals surface area contributed by atoms with E-state index in [2.05, 4.69) is 0 Å². The lowest BCUT2D eigenvalue weighted by Gasteiger charge is -2.33. The molecule has 18 heavy (non-hydrogen) atoms. The highest BCUT2D eigenvalue weighted by Gasteiger charge is 2.30. The molecule has 0 aromatic heterocycles. The van der Waals surface area contributed by atoms with Gasteiger partial charge in [0.1, 0.15) is 0 Å². The zero-order valence-corrected chi connectivity index (χ0v) is 11.2. The van der Waals surface area contributed by atoms with Gasteiger partial charge in [0.15, 0.2) is 0 Å². The molecule has 1 aliphatic carbocycles. The first-order chi connectivity index (χ1) is 8.70. The topological polar surface area (TPSA) is 46.6 Å². The smallest absolute Gasteiger partial charge is 0.309 e. The molecule has 2 aliphatic rings. The molecule has 0 N–H and O–H groups in total. The van der Waals surface area contributed by atoms with Crippen molar-refractivity contribution in [3.05, 3.63) is 0 Å². The van der Waals surface area contributed by atoms with E-state index in [1.807, 2.05) is 11.8 Å². The molecule has 0 unspecified atom stereocenters. The molecular weight excluding hydrogens is 230 g/mol. The van der Waals surface area contributed by atoms with Crippen molar-refractivity contribution < 1.29 is 14.3 Å². The lowest BCUT2D eigenvalue weighted by molar-refractivity contribution is -0.151. The summed E-state index contributed by atoms with van der Waals surface area (Å²) in [7, 11) is 0. The molecule has 0 bridgehead atoms. The Labute approximate surface area is 109 Å². The SMILES string of the molecule is CCOC(=O)C1CCN(C(=O)CC2CCC2)CC1. The van der Waals surface area contributed by atoms with Crippen molar-refractivity contribution in [2.75, 3.05) is 19.7 Å². The lowest BCUT2D eigenvalue weighted by atomic mass is 9.82. The molecule has 2 fully saturated rings. The minimum absolute atomic E-state index is 0.00213. The molecule has 2 rings (SSSR count). The molecule has 4 nitrogen and oxygen atoms in total. The number of amides is 1. The van der Waals surface area contributed by atoms with Crippen LogP contribution in [-0.4, -0.2) is 36.5 Å². The van der Waals surface area contributed by atoms with Crippen LogP contribution in [0.15, 0.2) is 0 Å². The third-order valence-electron chi connectivity index (χ3n) is 4.16. The van der Waals surface area contributed by atoms with E-state index in [4.69, 9.17) is 4.74 Å². The van der Waals surface area contributed by atoms with Gasteiger partial charge in [0.2, 0.25) is 5.91 Å². The van der Waals surface area contributed by atoms with Crippen molar-refractivity contribution in [1.29, 1.82) is 0 Å². The number of hydrogen-bond donors (Lipinski definition) is 0. The predicted molar refractivity (Wildman–Crippen MR) is 67.9 cm³/mol. The van der Waals surface area contributed by atoms with Crippen LogP contribution in [0.4, 0.5) is 0 Å². The van der Waals surface area contributed by atoms with E-state index in [1.54, 1.807) is 0 Å². The highest BCUT2D eigenvalue weighted by Crippen LogP contribution is 2.30. The summed E-state index contributed by atoms with van der Waals surface area (Å²) in [5, 5.41) is 0. The number of nitrogens with zero attached hydrogens (tertiary/aromatic N) is 1. The lowest BCUT2D eigenvalue weighted by Crippen LogP contribution is -2.41. The first-order valence-corrected chi connectivity index (χ1v) is 7.15. The summed E-state index contributed by atoms with van der Waals surface area (Å²) in [6.07, 6.45) is 5.94. The van der Waals surface area contributed by atoms with Crippen LogP contribution in [-0.2, 0) is 14.3 Å². The van der Waals surface area contributed by atoms with Gasteiger partial charge in [0, 0.05) is 19.5 Å². The quantitative estimate of drug-likeness (QED) is 0.720. The minimum atomic E-state index is -0.0939. The van der Waals surface area contributed by atoms with Gasteiger partial charge in [-0.25, -0.2) is 0 Å². The third-order valence-corrected chi connectivity index (χ3v) is 4.16. The maximum Gasteiger partial charge on any atom is 0.309 e. The predicted octanol–water partition coefficient (Wildman–Crippen LogP) is 1.98. The van der Waals surface area contributed by atoms with Crippen LogP contribution in [0.25, 0.3) is 0 Å². The number of esters is 1. The van der Waals surface area contributed by atoms with Crippen LogP contribution in [0.5, 0.6) is 0 Å². The van der Waals surface area contributed by atoms with E-state index in [-0.39, 0.29) is 17.8 Å². The van der Waals surface area contributed by atoms with Gasteiger partial charge >= 0.3 is 5.97 Å². The average molecular weight is 253 g/mol. The Balaban J connectivity index is 1.71. The molecule has 0 radical (unpaired) electrons. The summed E-state index contributed by atoms with van der Waals surface area (Å²) in [6.45, 7) is 3.71. The second-order valence-corrected chi connectivity index (χ2v) is 5.41. The highest BCUT2D eigenvalue weighted by atomic mass is 16.5. The Kier molecular flexibility index (Phi) is 4.61. The molecule has 1 aliphatic heterocycles. The van der Waals surface area contributed by atoms with E-state index in [0.717, 1.165) is 25.9 Å². The standard InChI is InChI=1S/C14H23NO3/c1-2-18-14(17)12-6-8-15(9-7-12)13(16)10-11-4-3-5-11/h11-12H,2-10H2,1H3. The number of rotatable bonds is 4. The number of carbonyl (C=O) groups excluding carboxylic acids is 2. The van der Waals surface area contributed by atoms with Gasteiger partial charge in [-0.05, 0) is 38.5 Å². The molecule has 4 heteroatoms. The van der Waals surface area contributed by atoms with Gasteiger partial charge in [0.25, 0.3) is 0 Å². The van der Waals surface area contributed by atoms with Gasteiger partial charge in [-0.15, -0.1) is 0 Å². The summed E-state index contributed by atoms with van der Waals surface area (Å²) >= 11 is 0. The molecule has 0 spiro atoms. The first-order valence-electron chi connectivity index (χ1n) is 7.15. The summed E-state index contributed by atoms with van der Waals surface area (Å²) in [5.74, 6) is 0.809. The first kappa shape index (κ1) is 13.4. The Hall–Kier alpha value is -1.06. The Morgan fingerprint density at radius 1 is 1.17 bits per heavy atom. The van der Waals surface area contributed by atoms with Crippen LogP contribution in [0.3, 0.4) is 0 Å². The average Bonchev–Trinajstić information content (AvgIpc) is 2.34. The molecular formula is C14H23NO3. The zero-order chi connectivity index (χ0) is 13.0. The fourth-order valence-electron chi connectivity index (χ4n) is 2.70. The third kappa shape index (κ3) is 3.24. The van der Waals surface area contributed by atoms with Crippen molar-refractivity contribution in [1.82, 2.24) is 4.90 Å². The van der Waals surface area contributed by atoms with E-state index in [1.165, 1.54) is 19.3 Å². The van der Waals surface area contributed by atoms with Crippen molar-refractivity contribution in [2.45, 2.75) is 45.4 Å². The van der Waals surface area contributed by atoms with Crippen molar-refractivity contribution in [3.63, 3.8) is 0 Å². The Morgan fingerprint density at radius 2 is 1.83 bits per heavy atom. The summed E-state index contributed by atoms with van der Waals surface area (Å²) in [5.41, 5.74) is 0. The molecule has 102 valence electrons. The number of carbonyl (C=O) groups is 2. The van der Waals surface area contributed by atoms with Crippen molar-refractivity contribution >= 4 is 11.9 Å². The molecule has 0 aromatic carbocycles. The van der Waals surface area contributed by atoms with Gasteiger partial charge in [-0.1, -0.05) is 6.42 Å². The normalized spacial score (nSPS) is 21.5. The largest absolute Gasteiger partial charge is 0.466 e. The maximum absolute atomic E-state index is 12.0. The number of hydrogen-bond acceptors (Lipinski definition) is 3. The molecule has 1 saturated heterocycles. The van der Waals surface area contributed by atoms with Crippen LogP contribution in [0, 0.1) is 11.8 Å². The van der Waals surface area contributed by atoms with Crippen LogP contribution in [0.1, 0.15) is 45.4 Å². The molecule has 1 saturated carbocycles. The highest BCUT2D eigenvalue weighted by molar-refractivity contribution is 5.77. The molecule has 1 amide bonds. The second-order valence-electron chi connectivity index (χ2n) is 5.41. The van der Waals surface area contributed by atoms with Crippen molar-refractivity contribution in [3.8, 4) is 0 Å². The van der Waals surface area contributed by atoms with E-state index < -0.39 is 0 Å². The monoisotopic (exact) mass is 253 g/mol. The van der Waals surface area contributed by atoms with Gasteiger partial charge in [-0.2, -0.15) is 0 Å². The number of likely N-dealkylation sites (tertiary alicyclic amines) is 1. The van der Waals surface area contributed by atoms with Crippen LogP contribution in [0.2, 0.25) is 0 Å². The molecule has 1 heterocycles. The number of ether oxygens (including phenoxy) is 1. The van der Waals surface area contributed by atoms with E-state index >= 15 is 0 Å². The molecule has 0 aromatic rings. The summed E-state index contributed by atoms with van der Waals surface area (Å²) < 4.78 is 5.03. The van der Waals surface area contributed by atoms with Crippen LogP contribution >= 0.6 is 0 Å². The Morgan fingerprint density at radius 3 is 2.33 bits per heavy atom. The van der Waals surface area contributed by atoms with Gasteiger partial charge in [-0.3, -0.25) is 9.59 Å². The molecule has 0 atom stereocenters. The van der Waals surface area contributed by atoms with E-state index in [9.17, 15) is 9.59 Å². The minimum Gasteiger partial charge on any atom is -0.466 e. The van der Waals surface area contributed by atoms with Gasteiger partial charge in [0.05, 0.1) is 12.5 Å². The maximum atomic E-state index is 12.0. The fraction of sp³-hybridized carbons (Fsp3) is 0.857. The second kappa shape index (κ2) is 6.21. The fourth-order valence-corrected chi connectivity index (χ4v) is 2.70. The summed E-state index contributed by atoms with van der Waals surface area (Å²) in [6, 6.07) is 0. The van der Waals surface area contributed by atoms with Gasteiger partial charge < -0.3 is 9.64 Å². The van der Waals surface area contributed by atoms with Crippen molar-refractivity contribution in [2.24, 2.45) is 11.8 Å². The number of piperidine rings is 1. The van der Waals surface area contributed by atoms with Crippen LogP contribution < -0.4 is 0 Å².